The lowest BCUT2D eigenvalue weighted by atomic mass is 10.2. The van der Waals surface area contributed by atoms with Gasteiger partial charge >= 0.3 is 0 Å². The molecular formula is C10H16N2O2S. The molecule has 0 bridgehead atoms. The van der Waals surface area contributed by atoms with Crippen molar-refractivity contribution in [1.29, 1.82) is 0 Å². The Morgan fingerprint density at radius 2 is 2.20 bits per heavy atom. The highest BCUT2D eigenvalue weighted by atomic mass is 32.2. The number of nitrogens with zero attached hydrogens (tertiary/aromatic N) is 1. The van der Waals surface area contributed by atoms with Crippen molar-refractivity contribution in [2.45, 2.75) is 13.0 Å². The predicted octanol–water partition coefficient (Wildman–Crippen LogP) is 0.777. The lowest BCUT2D eigenvalue weighted by Crippen LogP contribution is -2.25. The largest absolute Gasteiger partial charge is 0.308 e. The maximum atomic E-state index is 10.9. The zero-order valence-electron chi connectivity index (χ0n) is 8.97. The van der Waals surface area contributed by atoms with E-state index in [9.17, 15) is 8.42 Å². The maximum Gasteiger partial charge on any atom is 0.148 e. The minimum Gasteiger partial charge on any atom is -0.308 e. The van der Waals surface area contributed by atoms with Gasteiger partial charge in [0.15, 0.2) is 0 Å². The molecule has 0 saturated heterocycles. The highest BCUT2D eigenvalue weighted by Crippen LogP contribution is 2.06. The molecule has 4 nitrogen and oxygen atoms in total. The number of hydrogen-bond donors (Lipinski definition) is 1. The summed E-state index contributed by atoms with van der Waals surface area (Å²) in [5.74, 6) is 0.157. The van der Waals surface area contributed by atoms with E-state index in [1.165, 1.54) is 6.26 Å². The zero-order chi connectivity index (χ0) is 11.3. The van der Waals surface area contributed by atoms with E-state index in [2.05, 4.69) is 10.3 Å². The first-order valence-electron chi connectivity index (χ1n) is 4.81. The average molecular weight is 228 g/mol. The topological polar surface area (TPSA) is 59.1 Å². The normalized spacial score (nSPS) is 13.7. The second kappa shape index (κ2) is 5.23. The Hall–Kier alpha value is -0.940. The van der Waals surface area contributed by atoms with Gasteiger partial charge in [-0.2, -0.15) is 0 Å². The van der Waals surface area contributed by atoms with E-state index in [-0.39, 0.29) is 11.8 Å². The van der Waals surface area contributed by atoms with Gasteiger partial charge in [0.2, 0.25) is 0 Å². The van der Waals surface area contributed by atoms with Gasteiger partial charge in [-0.15, -0.1) is 0 Å². The van der Waals surface area contributed by atoms with Gasteiger partial charge in [0.05, 0.1) is 11.4 Å². The third kappa shape index (κ3) is 4.90. The zero-order valence-corrected chi connectivity index (χ0v) is 9.79. The summed E-state index contributed by atoms with van der Waals surface area (Å²) in [4.78, 5) is 4.18. The molecule has 0 aliphatic carbocycles. The van der Waals surface area contributed by atoms with Gasteiger partial charge in [0, 0.05) is 25.0 Å². The lowest BCUT2D eigenvalue weighted by Gasteiger charge is -2.12. The molecule has 0 fully saturated rings. The summed E-state index contributed by atoms with van der Waals surface area (Å²) in [6.07, 6.45) is 2.96. The van der Waals surface area contributed by atoms with E-state index in [0.29, 0.717) is 6.54 Å². The van der Waals surface area contributed by atoms with E-state index in [4.69, 9.17) is 0 Å². The third-order valence-electron chi connectivity index (χ3n) is 2.05. The smallest absolute Gasteiger partial charge is 0.148 e. The van der Waals surface area contributed by atoms with Crippen LogP contribution in [0.2, 0.25) is 0 Å². The van der Waals surface area contributed by atoms with Crippen LogP contribution in [0.5, 0.6) is 0 Å². The van der Waals surface area contributed by atoms with E-state index in [1.54, 1.807) is 6.20 Å². The molecule has 0 aromatic carbocycles. The summed E-state index contributed by atoms with van der Waals surface area (Å²) in [6, 6.07) is 5.76. The summed E-state index contributed by atoms with van der Waals surface area (Å²) < 4.78 is 21.8. The molecule has 84 valence electrons. The SMILES string of the molecule is C[C@@H](NCCS(C)(=O)=O)c1ccccn1. The molecule has 1 heterocycles. The predicted molar refractivity (Wildman–Crippen MR) is 60.4 cm³/mol. The molecule has 5 heteroatoms. The number of aromatic nitrogens is 1. The highest BCUT2D eigenvalue weighted by Gasteiger charge is 2.07. The van der Waals surface area contributed by atoms with Crippen LogP contribution in [0.15, 0.2) is 24.4 Å². The molecule has 1 aromatic heterocycles. The van der Waals surface area contributed by atoms with Crippen LogP contribution >= 0.6 is 0 Å². The summed E-state index contributed by atoms with van der Waals surface area (Å²) in [7, 11) is -2.88. The molecule has 1 aromatic rings. The van der Waals surface area contributed by atoms with Crippen molar-refractivity contribution in [3.05, 3.63) is 30.1 Å². The number of pyridine rings is 1. The Morgan fingerprint density at radius 3 is 2.73 bits per heavy atom. The molecular weight excluding hydrogens is 212 g/mol. The summed E-state index contributed by atoms with van der Waals surface area (Å²) in [5.41, 5.74) is 0.922. The minimum absolute atomic E-state index is 0.0768. The maximum absolute atomic E-state index is 10.9. The van der Waals surface area contributed by atoms with Gasteiger partial charge in [-0.05, 0) is 19.1 Å². The van der Waals surface area contributed by atoms with Crippen LogP contribution in [0, 0.1) is 0 Å². The first-order valence-corrected chi connectivity index (χ1v) is 6.87. The van der Waals surface area contributed by atoms with Crippen LogP contribution in [0.25, 0.3) is 0 Å². The Labute approximate surface area is 90.7 Å². The van der Waals surface area contributed by atoms with Crippen LogP contribution in [0.3, 0.4) is 0 Å². The molecule has 0 spiro atoms. The third-order valence-corrected chi connectivity index (χ3v) is 3.00. The minimum atomic E-state index is -2.88. The summed E-state index contributed by atoms with van der Waals surface area (Å²) >= 11 is 0. The number of hydrogen-bond acceptors (Lipinski definition) is 4. The van der Waals surface area contributed by atoms with E-state index in [0.717, 1.165) is 5.69 Å². The van der Waals surface area contributed by atoms with Crippen LogP contribution < -0.4 is 5.32 Å². The van der Waals surface area contributed by atoms with Crippen molar-refractivity contribution in [2.75, 3.05) is 18.6 Å². The summed E-state index contributed by atoms with van der Waals surface area (Å²) in [6.45, 7) is 2.42. The first-order chi connectivity index (χ1) is 6.99. The monoisotopic (exact) mass is 228 g/mol. The van der Waals surface area contributed by atoms with Crippen LogP contribution in [0.4, 0.5) is 0 Å². The van der Waals surface area contributed by atoms with Crippen molar-refractivity contribution >= 4 is 9.84 Å². The van der Waals surface area contributed by atoms with Crippen LogP contribution in [-0.4, -0.2) is 32.0 Å². The van der Waals surface area contributed by atoms with E-state index >= 15 is 0 Å². The van der Waals surface area contributed by atoms with Crippen molar-refractivity contribution in [3.63, 3.8) is 0 Å². The average Bonchev–Trinajstić information content (AvgIpc) is 2.17. The Kier molecular flexibility index (Phi) is 4.23. The second-order valence-corrected chi connectivity index (χ2v) is 5.82. The summed E-state index contributed by atoms with van der Waals surface area (Å²) in [5, 5.41) is 3.11. The Morgan fingerprint density at radius 1 is 1.47 bits per heavy atom. The lowest BCUT2D eigenvalue weighted by molar-refractivity contribution is 0.568. The fourth-order valence-corrected chi connectivity index (χ4v) is 1.69. The fourth-order valence-electron chi connectivity index (χ4n) is 1.20. The fraction of sp³-hybridized carbons (Fsp3) is 0.500. The van der Waals surface area contributed by atoms with Crippen molar-refractivity contribution in [2.24, 2.45) is 0 Å². The van der Waals surface area contributed by atoms with Crippen LogP contribution in [-0.2, 0) is 9.84 Å². The molecule has 0 aliphatic heterocycles. The Bertz CT molecular complexity index is 389. The quantitative estimate of drug-likeness (QED) is 0.809. The molecule has 0 saturated carbocycles. The van der Waals surface area contributed by atoms with Gasteiger partial charge in [0.25, 0.3) is 0 Å². The first kappa shape index (κ1) is 12.1. The Balaban J connectivity index is 2.41. The van der Waals surface area contributed by atoms with Crippen molar-refractivity contribution in [1.82, 2.24) is 10.3 Å². The van der Waals surface area contributed by atoms with E-state index in [1.807, 2.05) is 25.1 Å². The molecule has 0 unspecified atom stereocenters. The number of nitrogens with one attached hydrogen (secondary N) is 1. The molecule has 0 radical (unpaired) electrons. The van der Waals surface area contributed by atoms with Crippen molar-refractivity contribution < 1.29 is 8.42 Å². The van der Waals surface area contributed by atoms with Gasteiger partial charge < -0.3 is 5.32 Å². The molecule has 1 rings (SSSR count). The van der Waals surface area contributed by atoms with E-state index < -0.39 is 9.84 Å². The molecule has 1 atom stereocenters. The number of sulfone groups is 1. The van der Waals surface area contributed by atoms with Gasteiger partial charge in [-0.1, -0.05) is 6.07 Å². The highest BCUT2D eigenvalue weighted by molar-refractivity contribution is 7.90. The van der Waals surface area contributed by atoms with Crippen LogP contribution in [0.1, 0.15) is 18.7 Å². The number of rotatable bonds is 5. The van der Waals surface area contributed by atoms with Crippen molar-refractivity contribution in [3.8, 4) is 0 Å². The standard InChI is InChI=1S/C10H16N2O2S/c1-9(10-5-3-4-6-12-10)11-7-8-15(2,13)14/h3-6,9,11H,7-8H2,1-2H3/t9-/m1/s1. The second-order valence-electron chi connectivity index (χ2n) is 3.56. The van der Waals surface area contributed by atoms with Gasteiger partial charge in [0.1, 0.15) is 9.84 Å². The molecule has 0 amide bonds. The van der Waals surface area contributed by atoms with Gasteiger partial charge in [-0.25, -0.2) is 8.42 Å². The molecule has 1 N–H and O–H groups in total. The van der Waals surface area contributed by atoms with Gasteiger partial charge in [-0.3, -0.25) is 4.98 Å². The molecule has 0 aliphatic rings. The molecule has 15 heavy (non-hydrogen) atoms.